The molecule has 0 aliphatic carbocycles. The Hall–Kier alpha value is -2.79. The molecule has 1 atom stereocenters. The number of nitrogens with one attached hydrogen (secondary N) is 1. The predicted molar refractivity (Wildman–Crippen MR) is 101 cm³/mol. The van der Waals surface area contributed by atoms with Crippen LogP contribution in [0.2, 0.25) is 5.02 Å². The number of benzene rings is 2. The van der Waals surface area contributed by atoms with Gasteiger partial charge >= 0.3 is 0 Å². The van der Waals surface area contributed by atoms with Gasteiger partial charge in [-0.3, -0.25) is 4.79 Å². The maximum absolute atomic E-state index is 12.4. The number of amides is 1. The fourth-order valence-corrected chi connectivity index (χ4v) is 3.49. The number of carbonyl (C=O) groups is 1. The highest BCUT2D eigenvalue weighted by Gasteiger charge is 2.30. The maximum Gasteiger partial charge on any atom is 0.226 e. The fraction of sp³-hybridized carbons (Fsp3) is 0.200. The van der Waals surface area contributed by atoms with Crippen LogP contribution in [0.4, 0.5) is 5.82 Å². The van der Waals surface area contributed by atoms with Gasteiger partial charge in [-0.05, 0) is 42.8 Å². The first-order valence-corrected chi connectivity index (χ1v) is 8.90. The van der Waals surface area contributed by atoms with E-state index < -0.39 is 0 Å². The highest BCUT2D eigenvalue weighted by Crippen LogP contribution is 2.39. The molecular formula is C20H18ClN3O2. The average molecular weight is 368 g/mol. The van der Waals surface area contributed by atoms with Gasteiger partial charge in [-0.25, -0.2) is 4.68 Å². The van der Waals surface area contributed by atoms with Gasteiger partial charge in [0.25, 0.3) is 0 Å². The van der Waals surface area contributed by atoms with Crippen LogP contribution in [-0.4, -0.2) is 22.3 Å². The Morgan fingerprint density at radius 1 is 1.27 bits per heavy atom. The van der Waals surface area contributed by atoms with E-state index in [1.54, 1.807) is 4.68 Å². The van der Waals surface area contributed by atoms with Crippen molar-refractivity contribution in [3.8, 4) is 11.4 Å². The summed E-state index contributed by atoms with van der Waals surface area (Å²) in [5.74, 6) is 1.40. The lowest BCUT2D eigenvalue weighted by Crippen LogP contribution is -2.24. The number of halogens is 1. The van der Waals surface area contributed by atoms with Crippen LogP contribution in [-0.2, 0) is 4.79 Å². The zero-order chi connectivity index (χ0) is 18.1. The van der Waals surface area contributed by atoms with Crippen LogP contribution in [0.25, 0.3) is 5.69 Å². The number of hydrogen-bond donors (Lipinski definition) is 1. The van der Waals surface area contributed by atoms with Crippen molar-refractivity contribution in [3.63, 3.8) is 0 Å². The molecule has 132 valence electrons. The lowest BCUT2D eigenvalue weighted by atomic mass is 9.87. The topological polar surface area (TPSA) is 56.1 Å². The third kappa shape index (κ3) is 3.06. The minimum Gasteiger partial charge on any atom is -0.494 e. The van der Waals surface area contributed by atoms with Crippen molar-refractivity contribution in [2.45, 2.75) is 19.3 Å². The Bertz CT molecular complexity index is 967. The van der Waals surface area contributed by atoms with Crippen molar-refractivity contribution in [1.29, 1.82) is 0 Å². The summed E-state index contributed by atoms with van der Waals surface area (Å²) in [5.41, 5.74) is 2.83. The van der Waals surface area contributed by atoms with E-state index in [1.165, 1.54) is 0 Å². The summed E-state index contributed by atoms with van der Waals surface area (Å²) in [7, 11) is 0. The van der Waals surface area contributed by atoms with Crippen LogP contribution in [0.5, 0.6) is 5.75 Å². The van der Waals surface area contributed by atoms with Gasteiger partial charge < -0.3 is 10.1 Å². The number of aromatic nitrogens is 2. The second-order valence-electron chi connectivity index (χ2n) is 6.15. The van der Waals surface area contributed by atoms with E-state index in [2.05, 4.69) is 10.4 Å². The van der Waals surface area contributed by atoms with E-state index in [1.807, 2.05) is 61.7 Å². The molecule has 1 unspecified atom stereocenters. The molecule has 0 saturated carbocycles. The second kappa shape index (κ2) is 6.84. The molecule has 1 aliphatic heterocycles. The molecule has 0 saturated heterocycles. The van der Waals surface area contributed by atoms with Crippen LogP contribution in [0, 0.1) is 0 Å². The van der Waals surface area contributed by atoms with Crippen LogP contribution < -0.4 is 10.1 Å². The Labute approximate surface area is 156 Å². The smallest absolute Gasteiger partial charge is 0.226 e. The van der Waals surface area contributed by atoms with Gasteiger partial charge in [0.15, 0.2) is 0 Å². The van der Waals surface area contributed by atoms with E-state index in [-0.39, 0.29) is 11.8 Å². The first kappa shape index (κ1) is 16.7. The largest absolute Gasteiger partial charge is 0.494 e. The summed E-state index contributed by atoms with van der Waals surface area (Å²) >= 11 is 6.10. The summed E-state index contributed by atoms with van der Waals surface area (Å²) in [6.45, 7) is 2.56. The Kier molecular flexibility index (Phi) is 4.39. The third-order valence-corrected chi connectivity index (χ3v) is 4.68. The average Bonchev–Trinajstić information content (AvgIpc) is 3.05. The van der Waals surface area contributed by atoms with Gasteiger partial charge in [-0.15, -0.1) is 0 Å². The van der Waals surface area contributed by atoms with E-state index >= 15 is 0 Å². The Balaban J connectivity index is 1.78. The maximum atomic E-state index is 12.4. The van der Waals surface area contributed by atoms with Crippen LogP contribution >= 0.6 is 11.6 Å². The summed E-state index contributed by atoms with van der Waals surface area (Å²) in [4.78, 5) is 12.4. The number of rotatable bonds is 4. The van der Waals surface area contributed by atoms with Gasteiger partial charge in [0, 0.05) is 22.9 Å². The van der Waals surface area contributed by atoms with Gasteiger partial charge in [-0.1, -0.05) is 29.8 Å². The van der Waals surface area contributed by atoms with E-state index in [0.717, 1.165) is 22.6 Å². The summed E-state index contributed by atoms with van der Waals surface area (Å²) < 4.78 is 7.32. The van der Waals surface area contributed by atoms with Crippen LogP contribution in [0.15, 0.2) is 54.7 Å². The van der Waals surface area contributed by atoms with Gasteiger partial charge in [0.05, 0.1) is 18.5 Å². The number of nitrogens with zero attached hydrogens (tertiary/aromatic N) is 2. The SMILES string of the molecule is CCOc1cccc(C2CC(=O)Nc3c2cnn3-c2cccc(Cl)c2)c1. The van der Waals surface area contributed by atoms with Crippen molar-refractivity contribution in [2.24, 2.45) is 0 Å². The third-order valence-electron chi connectivity index (χ3n) is 4.44. The molecule has 1 aromatic heterocycles. The Morgan fingerprint density at radius 3 is 2.92 bits per heavy atom. The molecule has 0 bridgehead atoms. The number of ether oxygens (including phenoxy) is 1. The van der Waals surface area contributed by atoms with Crippen LogP contribution in [0.1, 0.15) is 30.4 Å². The molecule has 26 heavy (non-hydrogen) atoms. The van der Waals surface area contributed by atoms with E-state index in [4.69, 9.17) is 16.3 Å². The number of hydrogen-bond acceptors (Lipinski definition) is 3. The molecule has 1 N–H and O–H groups in total. The molecule has 5 nitrogen and oxygen atoms in total. The summed E-state index contributed by atoms with van der Waals surface area (Å²) in [6.07, 6.45) is 2.19. The number of anilines is 1. The molecule has 0 spiro atoms. The minimum absolute atomic E-state index is 0.0342. The molecule has 1 aliphatic rings. The fourth-order valence-electron chi connectivity index (χ4n) is 3.31. The lowest BCUT2D eigenvalue weighted by molar-refractivity contribution is -0.116. The molecular weight excluding hydrogens is 350 g/mol. The molecule has 0 fully saturated rings. The van der Waals surface area contributed by atoms with Gasteiger partial charge in [0.2, 0.25) is 5.91 Å². The predicted octanol–water partition coefficient (Wildman–Crippen LogP) is 4.40. The molecule has 4 rings (SSSR count). The number of carbonyl (C=O) groups excluding carboxylic acids is 1. The zero-order valence-electron chi connectivity index (χ0n) is 14.3. The molecule has 0 radical (unpaired) electrons. The summed E-state index contributed by atoms with van der Waals surface area (Å²) in [6, 6.07) is 15.3. The van der Waals surface area contributed by atoms with Crippen molar-refractivity contribution in [2.75, 3.05) is 11.9 Å². The Morgan fingerprint density at radius 2 is 2.12 bits per heavy atom. The summed E-state index contributed by atoms with van der Waals surface area (Å²) in [5, 5.41) is 8.06. The van der Waals surface area contributed by atoms with E-state index in [9.17, 15) is 4.79 Å². The van der Waals surface area contributed by atoms with E-state index in [0.29, 0.717) is 23.9 Å². The minimum atomic E-state index is -0.0629. The molecule has 2 aromatic carbocycles. The number of fused-ring (bicyclic) bond motifs is 1. The highest BCUT2D eigenvalue weighted by molar-refractivity contribution is 6.30. The first-order valence-electron chi connectivity index (χ1n) is 8.52. The zero-order valence-corrected chi connectivity index (χ0v) is 15.0. The van der Waals surface area contributed by atoms with Crippen LogP contribution in [0.3, 0.4) is 0 Å². The highest BCUT2D eigenvalue weighted by atomic mass is 35.5. The quantitative estimate of drug-likeness (QED) is 0.743. The lowest BCUT2D eigenvalue weighted by Gasteiger charge is -2.24. The molecule has 1 amide bonds. The van der Waals surface area contributed by atoms with Crippen molar-refractivity contribution < 1.29 is 9.53 Å². The monoisotopic (exact) mass is 367 g/mol. The standard InChI is InChI=1S/C20H18ClN3O2/c1-2-26-16-8-3-5-13(9-16)17-11-19(25)23-20-18(17)12-22-24(20)15-7-4-6-14(21)10-15/h3-10,12,17H,2,11H2,1H3,(H,23,25). The normalized spacial score (nSPS) is 16.1. The molecule has 6 heteroatoms. The molecule has 3 aromatic rings. The second-order valence-corrected chi connectivity index (χ2v) is 6.59. The first-order chi connectivity index (χ1) is 12.7. The van der Waals surface area contributed by atoms with Gasteiger partial charge in [0.1, 0.15) is 11.6 Å². The van der Waals surface area contributed by atoms with Crippen molar-refractivity contribution >= 4 is 23.3 Å². The van der Waals surface area contributed by atoms with Crippen molar-refractivity contribution in [1.82, 2.24) is 9.78 Å². The van der Waals surface area contributed by atoms with Gasteiger partial charge in [-0.2, -0.15) is 5.10 Å². The molecule has 2 heterocycles. The van der Waals surface area contributed by atoms with Crippen molar-refractivity contribution in [3.05, 3.63) is 70.9 Å².